The van der Waals surface area contributed by atoms with Crippen LogP contribution in [0.15, 0.2) is 66.7 Å². The molecule has 1 heterocycles. The quantitative estimate of drug-likeness (QED) is 0.638. The van der Waals surface area contributed by atoms with Gasteiger partial charge in [-0.2, -0.15) is 0 Å². The third kappa shape index (κ3) is 4.30. The molecule has 2 N–H and O–H groups in total. The third-order valence-corrected chi connectivity index (χ3v) is 5.21. The Balaban J connectivity index is 1.49. The van der Waals surface area contributed by atoms with Crippen LogP contribution in [0.4, 0.5) is 21.9 Å². The molecule has 7 nitrogen and oxygen atoms in total. The van der Waals surface area contributed by atoms with E-state index in [0.717, 1.165) is 22.7 Å². The molecule has 31 heavy (non-hydrogen) atoms. The van der Waals surface area contributed by atoms with Gasteiger partial charge in [-0.3, -0.25) is 9.69 Å². The van der Waals surface area contributed by atoms with Crippen LogP contribution in [0, 0.1) is 0 Å². The minimum atomic E-state index is -0.239. The summed E-state index contributed by atoms with van der Waals surface area (Å²) in [6.45, 7) is 0.504. The topological polar surface area (TPSA) is 79.9 Å². The molecule has 0 unspecified atom stereocenters. The van der Waals surface area contributed by atoms with Crippen LogP contribution >= 0.6 is 0 Å². The van der Waals surface area contributed by atoms with E-state index >= 15 is 0 Å². The summed E-state index contributed by atoms with van der Waals surface area (Å²) in [5.41, 5.74) is 3.52. The highest BCUT2D eigenvalue weighted by Crippen LogP contribution is 2.32. The van der Waals surface area contributed by atoms with Crippen molar-refractivity contribution in [3.8, 4) is 11.5 Å². The van der Waals surface area contributed by atoms with Gasteiger partial charge in [-0.1, -0.05) is 6.07 Å². The number of methoxy groups -OCH3 is 2. The van der Waals surface area contributed by atoms with Crippen LogP contribution in [0.5, 0.6) is 11.5 Å². The molecule has 158 valence electrons. The summed E-state index contributed by atoms with van der Waals surface area (Å²) < 4.78 is 10.3. The highest BCUT2D eigenvalue weighted by Gasteiger charge is 2.28. The minimum Gasteiger partial charge on any atom is -0.497 e. The van der Waals surface area contributed by atoms with E-state index in [1.54, 1.807) is 79.8 Å². The number of nitrogens with zero attached hydrogens (tertiary/aromatic N) is 1. The molecule has 0 radical (unpaired) electrons. The highest BCUT2D eigenvalue weighted by atomic mass is 16.5. The van der Waals surface area contributed by atoms with Crippen LogP contribution in [0.1, 0.15) is 15.9 Å². The van der Waals surface area contributed by atoms with Crippen LogP contribution < -0.4 is 25.0 Å². The van der Waals surface area contributed by atoms with E-state index in [1.165, 1.54) is 0 Å². The number of carbonyl (C=O) groups is 2. The van der Waals surface area contributed by atoms with E-state index in [1.807, 2.05) is 6.07 Å². The Kier molecular flexibility index (Phi) is 5.75. The van der Waals surface area contributed by atoms with Crippen molar-refractivity contribution < 1.29 is 19.1 Å². The van der Waals surface area contributed by atoms with Crippen LogP contribution in [0.25, 0.3) is 0 Å². The van der Waals surface area contributed by atoms with Gasteiger partial charge < -0.3 is 20.1 Å². The molecule has 0 atom stereocenters. The van der Waals surface area contributed by atoms with Gasteiger partial charge in [0.1, 0.15) is 11.5 Å². The number of urea groups is 1. The Hall–Kier alpha value is -4.00. The van der Waals surface area contributed by atoms with Gasteiger partial charge in [0, 0.05) is 29.2 Å². The summed E-state index contributed by atoms with van der Waals surface area (Å²) in [4.78, 5) is 27.4. The molecule has 0 saturated carbocycles. The lowest BCUT2D eigenvalue weighted by atomic mass is 10.0. The molecule has 1 aliphatic rings. The number of benzene rings is 3. The van der Waals surface area contributed by atoms with Crippen molar-refractivity contribution in [1.29, 1.82) is 0 Å². The number of anilines is 3. The second-order valence-electron chi connectivity index (χ2n) is 7.05. The first-order valence-corrected chi connectivity index (χ1v) is 9.89. The van der Waals surface area contributed by atoms with Crippen LogP contribution in [-0.2, 0) is 6.42 Å². The van der Waals surface area contributed by atoms with Gasteiger partial charge in [0.15, 0.2) is 0 Å². The maximum atomic E-state index is 12.9. The average molecular weight is 417 g/mol. The molecule has 3 aromatic rings. The standard InChI is InChI=1S/C24H23N3O4/c1-30-18-10-6-16(7-11-18)25-23(28)21-4-3-5-22-20(21)14-15-27(22)24(29)26-17-8-12-19(31-2)13-9-17/h3-13H,14-15H2,1-2H3,(H,25,28)(H,26,29). The maximum Gasteiger partial charge on any atom is 0.326 e. The molecular weight excluding hydrogens is 394 g/mol. The molecule has 0 bridgehead atoms. The average Bonchev–Trinajstić information content (AvgIpc) is 3.24. The molecular formula is C24H23N3O4. The summed E-state index contributed by atoms with van der Waals surface area (Å²) in [5, 5.41) is 5.80. The fourth-order valence-electron chi connectivity index (χ4n) is 3.60. The minimum absolute atomic E-state index is 0.209. The molecule has 7 heteroatoms. The van der Waals surface area contributed by atoms with Crippen molar-refractivity contribution in [3.63, 3.8) is 0 Å². The van der Waals surface area contributed by atoms with Crippen molar-refractivity contribution in [2.75, 3.05) is 36.3 Å². The van der Waals surface area contributed by atoms with Crippen molar-refractivity contribution >= 4 is 29.0 Å². The summed E-state index contributed by atoms with van der Waals surface area (Å²) in [7, 11) is 3.19. The van der Waals surface area contributed by atoms with Crippen LogP contribution in [0.2, 0.25) is 0 Å². The van der Waals surface area contributed by atoms with Gasteiger partial charge in [-0.25, -0.2) is 4.79 Å². The summed E-state index contributed by atoms with van der Waals surface area (Å²) in [6, 6.07) is 19.5. The van der Waals surface area contributed by atoms with Gasteiger partial charge in [0.05, 0.1) is 14.2 Å². The van der Waals surface area contributed by atoms with E-state index in [9.17, 15) is 9.59 Å². The molecule has 0 aromatic heterocycles. The predicted octanol–water partition coefficient (Wildman–Crippen LogP) is 4.55. The van der Waals surface area contributed by atoms with Crippen molar-refractivity contribution in [3.05, 3.63) is 77.9 Å². The summed E-state index contributed by atoms with van der Waals surface area (Å²) >= 11 is 0. The van der Waals surface area contributed by atoms with Crippen LogP contribution in [-0.4, -0.2) is 32.7 Å². The molecule has 0 saturated heterocycles. The van der Waals surface area contributed by atoms with Crippen molar-refractivity contribution in [2.45, 2.75) is 6.42 Å². The maximum absolute atomic E-state index is 12.9. The first-order chi connectivity index (χ1) is 15.1. The lowest BCUT2D eigenvalue weighted by Gasteiger charge is -2.18. The Labute approximate surface area is 180 Å². The van der Waals surface area contributed by atoms with E-state index in [-0.39, 0.29) is 11.9 Å². The number of carbonyl (C=O) groups excluding carboxylic acids is 2. The number of fused-ring (bicyclic) bond motifs is 1. The van der Waals surface area contributed by atoms with Gasteiger partial charge in [0.25, 0.3) is 5.91 Å². The van der Waals surface area contributed by atoms with Gasteiger partial charge in [0.2, 0.25) is 0 Å². The monoisotopic (exact) mass is 417 g/mol. The molecule has 4 rings (SSSR count). The number of nitrogens with one attached hydrogen (secondary N) is 2. The molecule has 3 amide bonds. The Bertz CT molecular complexity index is 1090. The zero-order chi connectivity index (χ0) is 21.8. The Morgan fingerprint density at radius 3 is 1.97 bits per heavy atom. The van der Waals surface area contributed by atoms with E-state index in [0.29, 0.717) is 29.9 Å². The molecule has 0 fully saturated rings. The SMILES string of the molecule is COc1ccc(NC(=O)c2cccc3c2CCN3C(=O)Nc2ccc(OC)cc2)cc1. The lowest BCUT2D eigenvalue weighted by molar-refractivity contribution is 0.102. The summed E-state index contributed by atoms with van der Waals surface area (Å²) in [5.74, 6) is 1.23. The van der Waals surface area contributed by atoms with Crippen LogP contribution in [0.3, 0.4) is 0 Å². The highest BCUT2D eigenvalue weighted by molar-refractivity contribution is 6.09. The van der Waals surface area contributed by atoms with E-state index < -0.39 is 0 Å². The number of hydrogen-bond donors (Lipinski definition) is 2. The second-order valence-corrected chi connectivity index (χ2v) is 7.05. The van der Waals surface area contributed by atoms with E-state index in [4.69, 9.17) is 9.47 Å². The van der Waals surface area contributed by atoms with Crippen molar-refractivity contribution in [2.24, 2.45) is 0 Å². The first-order valence-electron chi connectivity index (χ1n) is 9.89. The zero-order valence-electron chi connectivity index (χ0n) is 17.3. The smallest absolute Gasteiger partial charge is 0.326 e. The number of ether oxygens (including phenoxy) is 2. The van der Waals surface area contributed by atoms with Gasteiger partial charge in [-0.15, -0.1) is 0 Å². The van der Waals surface area contributed by atoms with Gasteiger partial charge >= 0.3 is 6.03 Å². The van der Waals surface area contributed by atoms with E-state index in [2.05, 4.69) is 10.6 Å². The van der Waals surface area contributed by atoms with Crippen molar-refractivity contribution in [1.82, 2.24) is 0 Å². The van der Waals surface area contributed by atoms with Gasteiger partial charge in [-0.05, 0) is 72.6 Å². The lowest BCUT2D eigenvalue weighted by Crippen LogP contribution is -2.33. The predicted molar refractivity (Wildman–Crippen MR) is 120 cm³/mol. The number of hydrogen-bond acceptors (Lipinski definition) is 4. The number of rotatable bonds is 5. The zero-order valence-corrected chi connectivity index (χ0v) is 17.3. The fourth-order valence-corrected chi connectivity index (χ4v) is 3.60. The Morgan fingerprint density at radius 2 is 1.39 bits per heavy atom. The fraction of sp³-hybridized carbons (Fsp3) is 0.167. The molecule has 3 aromatic carbocycles. The number of amides is 3. The molecule has 1 aliphatic heterocycles. The normalized spacial score (nSPS) is 12.1. The third-order valence-electron chi connectivity index (χ3n) is 5.21. The largest absolute Gasteiger partial charge is 0.497 e. The second kappa shape index (κ2) is 8.79. The Morgan fingerprint density at radius 1 is 0.806 bits per heavy atom. The molecule has 0 spiro atoms. The summed E-state index contributed by atoms with van der Waals surface area (Å²) in [6.07, 6.45) is 0.609. The molecule has 0 aliphatic carbocycles. The first kappa shape index (κ1) is 20.3.